The lowest BCUT2D eigenvalue weighted by molar-refractivity contribution is -0.119. The first kappa shape index (κ1) is 14.3. The molecule has 0 heterocycles. The molecule has 1 amide bonds. The van der Waals surface area contributed by atoms with E-state index in [1.807, 2.05) is 6.07 Å². The van der Waals surface area contributed by atoms with Crippen LogP contribution in [0.3, 0.4) is 0 Å². The number of carbonyl (C=O) groups excluding carboxylic acids is 1. The highest BCUT2D eigenvalue weighted by molar-refractivity contribution is 8.00. The van der Waals surface area contributed by atoms with Gasteiger partial charge in [-0.2, -0.15) is 0 Å². The van der Waals surface area contributed by atoms with Crippen LogP contribution in [-0.4, -0.2) is 22.8 Å². The summed E-state index contributed by atoms with van der Waals surface area (Å²) >= 11 is 1.46. The standard InChI is InChI=1S/C15H21NO2S/c1-11-5-2-3-8-14(11)16-15(18)10-19-13-7-4-6-12(17)9-13/h4,6-7,9,11,14,17H,2-3,5,8,10H2,1H3,(H,16,18). The molecule has 3 nitrogen and oxygen atoms in total. The Morgan fingerprint density at radius 1 is 1.42 bits per heavy atom. The lowest BCUT2D eigenvalue weighted by atomic mass is 9.86. The van der Waals surface area contributed by atoms with E-state index in [2.05, 4.69) is 12.2 Å². The molecule has 1 aromatic carbocycles. The van der Waals surface area contributed by atoms with E-state index in [1.165, 1.54) is 31.0 Å². The zero-order chi connectivity index (χ0) is 13.7. The van der Waals surface area contributed by atoms with Crippen LogP contribution in [0.4, 0.5) is 0 Å². The van der Waals surface area contributed by atoms with Gasteiger partial charge in [-0.25, -0.2) is 0 Å². The number of carbonyl (C=O) groups is 1. The summed E-state index contributed by atoms with van der Waals surface area (Å²) in [5.74, 6) is 1.33. The van der Waals surface area contributed by atoms with E-state index < -0.39 is 0 Å². The van der Waals surface area contributed by atoms with Crippen molar-refractivity contribution in [2.45, 2.75) is 43.5 Å². The molecule has 19 heavy (non-hydrogen) atoms. The lowest BCUT2D eigenvalue weighted by Crippen LogP contribution is -2.41. The predicted octanol–water partition coefficient (Wildman–Crippen LogP) is 3.18. The molecule has 1 aliphatic rings. The van der Waals surface area contributed by atoms with E-state index in [9.17, 15) is 9.90 Å². The van der Waals surface area contributed by atoms with E-state index in [0.717, 1.165) is 11.3 Å². The van der Waals surface area contributed by atoms with Gasteiger partial charge in [0.2, 0.25) is 5.91 Å². The van der Waals surface area contributed by atoms with Gasteiger partial charge < -0.3 is 10.4 Å². The smallest absolute Gasteiger partial charge is 0.230 e. The molecule has 1 fully saturated rings. The van der Waals surface area contributed by atoms with Crippen molar-refractivity contribution in [2.75, 3.05) is 5.75 Å². The third-order valence-electron chi connectivity index (χ3n) is 3.65. The van der Waals surface area contributed by atoms with Gasteiger partial charge in [-0.15, -0.1) is 11.8 Å². The molecular formula is C15H21NO2S. The van der Waals surface area contributed by atoms with Crippen molar-refractivity contribution in [1.29, 1.82) is 0 Å². The first-order valence-corrected chi connectivity index (χ1v) is 7.85. The van der Waals surface area contributed by atoms with E-state index in [1.54, 1.807) is 18.2 Å². The van der Waals surface area contributed by atoms with Gasteiger partial charge in [0.05, 0.1) is 5.75 Å². The molecule has 1 aromatic rings. The van der Waals surface area contributed by atoms with E-state index in [4.69, 9.17) is 0 Å². The Kier molecular flexibility index (Phi) is 5.14. The fourth-order valence-corrected chi connectivity index (χ4v) is 3.26. The van der Waals surface area contributed by atoms with Gasteiger partial charge in [0.1, 0.15) is 5.75 Å². The number of hydrogen-bond donors (Lipinski definition) is 2. The normalized spacial score (nSPS) is 23.0. The summed E-state index contributed by atoms with van der Waals surface area (Å²) in [7, 11) is 0. The second-order valence-electron chi connectivity index (χ2n) is 5.22. The summed E-state index contributed by atoms with van der Waals surface area (Å²) in [5.41, 5.74) is 0. The van der Waals surface area contributed by atoms with Gasteiger partial charge in [0.15, 0.2) is 0 Å². The molecule has 0 aromatic heterocycles. The minimum absolute atomic E-state index is 0.0899. The Balaban J connectivity index is 1.78. The maximum Gasteiger partial charge on any atom is 0.230 e. The average Bonchev–Trinajstić information content (AvgIpc) is 2.39. The van der Waals surface area contributed by atoms with Crippen molar-refractivity contribution in [2.24, 2.45) is 5.92 Å². The highest BCUT2D eigenvalue weighted by Gasteiger charge is 2.22. The van der Waals surface area contributed by atoms with Crippen molar-refractivity contribution < 1.29 is 9.90 Å². The number of hydrogen-bond acceptors (Lipinski definition) is 3. The third-order valence-corrected chi connectivity index (χ3v) is 4.64. The molecule has 0 bridgehead atoms. The number of amides is 1. The summed E-state index contributed by atoms with van der Waals surface area (Å²) in [6.45, 7) is 2.21. The van der Waals surface area contributed by atoms with Gasteiger partial charge in [-0.1, -0.05) is 25.8 Å². The molecule has 1 aliphatic carbocycles. The second-order valence-corrected chi connectivity index (χ2v) is 6.27. The van der Waals surface area contributed by atoms with Gasteiger partial charge in [-0.3, -0.25) is 4.79 Å². The van der Waals surface area contributed by atoms with Crippen LogP contribution in [0.25, 0.3) is 0 Å². The molecule has 1 saturated carbocycles. The molecule has 0 spiro atoms. The van der Waals surface area contributed by atoms with E-state index in [0.29, 0.717) is 17.7 Å². The molecule has 0 radical (unpaired) electrons. The summed E-state index contributed by atoms with van der Waals surface area (Å²) in [6, 6.07) is 7.35. The maximum absolute atomic E-state index is 11.9. The van der Waals surface area contributed by atoms with Crippen LogP contribution in [0.1, 0.15) is 32.6 Å². The number of nitrogens with one attached hydrogen (secondary N) is 1. The van der Waals surface area contributed by atoms with Crippen molar-refractivity contribution in [3.63, 3.8) is 0 Å². The zero-order valence-corrected chi connectivity index (χ0v) is 12.1. The quantitative estimate of drug-likeness (QED) is 0.832. The summed E-state index contributed by atoms with van der Waals surface area (Å²) in [6.07, 6.45) is 4.81. The minimum atomic E-state index is 0.0899. The predicted molar refractivity (Wildman–Crippen MR) is 78.4 cm³/mol. The minimum Gasteiger partial charge on any atom is -0.508 e. The highest BCUT2D eigenvalue weighted by Crippen LogP contribution is 2.25. The first-order chi connectivity index (χ1) is 9.15. The molecule has 2 rings (SSSR count). The number of phenolic OH excluding ortho intramolecular Hbond substituents is 1. The maximum atomic E-state index is 11.9. The molecule has 2 unspecified atom stereocenters. The monoisotopic (exact) mass is 279 g/mol. The molecule has 0 aliphatic heterocycles. The van der Waals surface area contributed by atoms with Crippen LogP contribution >= 0.6 is 11.8 Å². The molecule has 104 valence electrons. The van der Waals surface area contributed by atoms with Crippen LogP contribution < -0.4 is 5.32 Å². The Hall–Kier alpha value is -1.16. The van der Waals surface area contributed by atoms with Crippen LogP contribution in [0.15, 0.2) is 29.2 Å². The lowest BCUT2D eigenvalue weighted by Gasteiger charge is -2.29. The Morgan fingerprint density at radius 2 is 2.21 bits per heavy atom. The van der Waals surface area contributed by atoms with E-state index >= 15 is 0 Å². The fourth-order valence-electron chi connectivity index (χ4n) is 2.50. The Labute approximate surface area is 118 Å². The Bertz CT molecular complexity index is 436. The topological polar surface area (TPSA) is 49.3 Å². The van der Waals surface area contributed by atoms with Gasteiger partial charge in [-0.05, 0) is 37.0 Å². The Morgan fingerprint density at radius 3 is 2.95 bits per heavy atom. The van der Waals surface area contributed by atoms with Crippen molar-refractivity contribution >= 4 is 17.7 Å². The second kappa shape index (κ2) is 6.85. The van der Waals surface area contributed by atoms with Crippen molar-refractivity contribution in [3.8, 4) is 5.75 Å². The number of thioether (sulfide) groups is 1. The van der Waals surface area contributed by atoms with Gasteiger partial charge in [0, 0.05) is 10.9 Å². The highest BCUT2D eigenvalue weighted by atomic mass is 32.2. The van der Waals surface area contributed by atoms with Crippen LogP contribution in [0, 0.1) is 5.92 Å². The van der Waals surface area contributed by atoms with Gasteiger partial charge >= 0.3 is 0 Å². The van der Waals surface area contributed by atoms with Crippen LogP contribution in [0.5, 0.6) is 5.75 Å². The average molecular weight is 279 g/mol. The fraction of sp³-hybridized carbons (Fsp3) is 0.533. The molecule has 4 heteroatoms. The van der Waals surface area contributed by atoms with E-state index in [-0.39, 0.29) is 11.7 Å². The third kappa shape index (κ3) is 4.46. The molecule has 2 atom stereocenters. The molecule has 0 saturated heterocycles. The number of rotatable bonds is 4. The summed E-state index contributed by atoms with van der Waals surface area (Å²) < 4.78 is 0. The van der Waals surface area contributed by atoms with Gasteiger partial charge in [0.25, 0.3) is 0 Å². The summed E-state index contributed by atoms with van der Waals surface area (Å²) in [5, 5.41) is 12.5. The molecule has 2 N–H and O–H groups in total. The number of phenols is 1. The largest absolute Gasteiger partial charge is 0.508 e. The molecular weight excluding hydrogens is 258 g/mol. The summed E-state index contributed by atoms with van der Waals surface area (Å²) in [4.78, 5) is 12.8. The van der Waals surface area contributed by atoms with Crippen molar-refractivity contribution in [3.05, 3.63) is 24.3 Å². The zero-order valence-electron chi connectivity index (χ0n) is 11.3. The van der Waals surface area contributed by atoms with Crippen LogP contribution in [0.2, 0.25) is 0 Å². The SMILES string of the molecule is CC1CCCCC1NC(=O)CSc1cccc(O)c1. The number of aromatic hydroxyl groups is 1. The van der Waals surface area contributed by atoms with Crippen molar-refractivity contribution in [1.82, 2.24) is 5.32 Å². The number of benzene rings is 1. The first-order valence-electron chi connectivity index (χ1n) is 6.86. The van der Waals surface area contributed by atoms with Crippen LogP contribution in [-0.2, 0) is 4.79 Å².